The van der Waals surface area contributed by atoms with Crippen LogP contribution >= 0.6 is 0 Å². The van der Waals surface area contributed by atoms with E-state index < -0.39 is 12.1 Å². The second kappa shape index (κ2) is 7.39. The number of carbonyl (C=O) groups excluding carboxylic acids is 1. The maximum absolute atomic E-state index is 11.1. The Morgan fingerprint density at radius 2 is 1.53 bits per heavy atom. The van der Waals surface area contributed by atoms with Crippen LogP contribution in [0.4, 0.5) is 0 Å². The van der Waals surface area contributed by atoms with Gasteiger partial charge in [-0.1, -0.05) is 6.58 Å². The largest absolute Gasteiger partial charge is 0.463 e. The van der Waals surface area contributed by atoms with E-state index in [0.29, 0.717) is 19.8 Å². The summed E-state index contributed by atoms with van der Waals surface area (Å²) in [5.74, 6) is -0.662. The molecule has 0 fully saturated rings. The van der Waals surface area contributed by atoms with E-state index in [1.807, 2.05) is 0 Å². The normalized spacial score (nSPS) is 11.1. The van der Waals surface area contributed by atoms with Gasteiger partial charge in [0.2, 0.25) is 0 Å². The molecule has 0 amide bonds. The van der Waals surface area contributed by atoms with Crippen molar-refractivity contribution in [2.75, 3.05) is 19.8 Å². The zero-order chi connectivity index (χ0) is 11.7. The zero-order valence-electron chi connectivity index (χ0n) is 9.45. The van der Waals surface area contributed by atoms with Crippen molar-refractivity contribution in [3.8, 4) is 0 Å². The first-order chi connectivity index (χ1) is 7.14. The summed E-state index contributed by atoms with van der Waals surface area (Å²) in [6, 6.07) is 0. The van der Waals surface area contributed by atoms with Crippen molar-refractivity contribution in [1.29, 1.82) is 0 Å². The summed E-state index contributed by atoms with van der Waals surface area (Å²) in [4.78, 5) is 11.1. The first kappa shape index (κ1) is 14.1. The molecular formula is C10H18O5. The molecule has 88 valence electrons. The van der Waals surface area contributed by atoms with Crippen LogP contribution in [0.2, 0.25) is 0 Å². The van der Waals surface area contributed by atoms with Gasteiger partial charge in [-0.25, -0.2) is 4.79 Å². The van der Waals surface area contributed by atoms with Crippen LogP contribution in [0.15, 0.2) is 12.7 Å². The standard InChI is InChI=1S/C10H18O5/c1-5-9(11)15-10(12-6-2,13-7-3)14-8-4/h5H,1,6-8H2,2-4H3. The number of ether oxygens (including phenoxy) is 4. The molecule has 0 radical (unpaired) electrons. The van der Waals surface area contributed by atoms with Gasteiger partial charge in [0.05, 0.1) is 19.8 Å². The van der Waals surface area contributed by atoms with Crippen LogP contribution in [-0.2, 0) is 23.7 Å². The summed E-state index contributed by atoms with van der Waals surface area (Å²) in [6.45, 7) is 9.41. The Kier molecular flexibility index (Phi) is 6.94. The Morgan fingerprint density at radius 1 is 1.13 bits per heavy atom. The number of rotatable bonds is 8. The maximum atomic E-state index is 11.1. The minimum Gasteiger partial charge on any atom is -0.381 e. The maximum Gasteiger partial charge on any atom is 0.463 e. The summed E-state index contributed by atoms with van der Waals surface area (Å²) < 4.78 is 20.3. The second-order valence-corrected chi connectivity index (χ2v) is 2.42. The molecule has 0 aliphatic rings. The van der Waals surface area contributed by atoms with E-state index in [0.717, 1.165) is 6.08 Å². The van der Waals surface area contributed by atoms with E-state index in [1.165, 1.54) is 0 Å². The number of esters is 1. The first-order valence-electron chi connectivity index (χ1n) is 4.91. The Balaban J connectivity index is 4.58. The van der Waals surface area contributed by atoms with E-state index >= 15 is 0 Å². The highest BCUT2D eigenvalue weighted by molar-refractivity contribution is 5.81. The molecule has 0 N–H and O–H groups in total. The Labute approximate surface area is 89.9 Å². The molecule has 0 unspecified atom stereocenters. The monoisotopic (exact) mass is 218 g/mol. The lowest BCUT2D eigenvalue weighted by Crippen LogP contribution is -2.43. The Morgan fingerprint density at radius 3 is 1.80 bits per heavy atom. The molecule has 0 aromatic carbocycles. The van der Waals surface area contributed by atoms with Gasteiger partial charge in [0.15, 0.2) is 0 Å². The number of hydrogen-bond donors (Lipinski definition) is 0. The van der Waals surface area contributed by atoms with Gasteiger partial charge in [-0.15, -0.1) is 0 Å². The molecule has 0 saturated carbocycles. The van der Waals surface area contributed by atoms with Crippen LogP contribution in [-0.4, -0.2) is 31.9 Å². The third-order valence-corrected chi connectivity index (χ3v) is 1.36. The van der Waals surface area contributed by atoms with Gasteiger partial charge in [0.1, 0.15) is 0 Å². The summed E-state index contributed by atoms with van der Waals surface area (Å²) in [7, 11) is 0. The zero-order valence-corrected chi connectivity index (χ0v) is 9.45. The molecule has 0 saturated heterocycles. The van der Waals surface area contributed by atoms with Gasteiger partial charge < -0.3 is 4.74 Å². The van der Waals surface area contributed by atoms with Crippen molar-refractivity contribution in [3.63, 3.8) is 0 Å². The van der Waals surface area contributed by atoms with Crippen LogP contribution in [0, 0.1) is 0 Å². The number of hydrogen-bond acceptors (Lipinski definition) is 5. The summed E-state index contributed by atoms with van der Waals surface area (Å²) in [5.41, 5.74) is 0. The summed E-state index contributed by atoms with van der Waals surface area (Å²) in [5, 5.41) is 0. The molecule has 0 atom stereocenters. The lowest BCUT2D eigenvalue weighted by atomic mass is 10.6. The highest BCUT2D eigenvalue weighted by Crippen LogP contribution is 2.17. The lowest BCUT2D eigenvalue weighted by Gasteiger charge is -2.29. The fourth-order valence-electron chi connectivity index (χ4n) is 0.909. The van der Waals surface area contributed by atoms with Crippen molar-refractivity contribution in [2.45, 2.75) is 26.9 Å². The van der Waals surface area contributed by atoms with Crippen LogP contribution in [0.25, 0.3) is 0 Å². The van der Waals surface area contributed by atoms with E-state index in [1.54, 1.807) is 20.8 Å². The van der Waals surface area contributed by atoms with Gasteiger partial charge in [0.25, 0.3) is 0 Å². The van der Waals surface area contributed by atoms with E-state index in [2.05, 4.69) is 6.58 Å². The predicted molar refractivity (Wildman–Crippen MR) is 53.9 cm³/mol. The summed E-state index contributed by atoms with van der Waals surface area (Å²) >= 11 is 0. The average molecular weight is 218 g/mol. The molecule has 0 heterocycles. The Hall–Kier alpha value is -0.910. The molecule has 15 heavy (non-hydrogen) atoms. The number of carbonyl (C=O) groups is 1. The fourth-order valence-corrected chi connectivity index (χ4v) is 0.909. The molecule has 0 aromatic heterocycles. The van der Waals surface area contributed by atoms with Crippen LogP contribution in [0.1, 0.15) is 20.8 Å². The van der Waals surface area contributed by atoms with Gasteiger partial charge in [0, 0.05) is 6.08 Å². The molecule has 0 aliphatic carbocycles. The molecule has 0 rings (SSSR count). The average Bonchev–Trinajstić information content (AvgIpc) is 2.18. The minimum atomic E-state index is -1.75. The molecule has 0 aliphatic heterocycles. The summed E-state index contributed by atoms with van der Waals surface area (Å²) in [6.07, 6.45) is -0.727. The molecular weight excluding hydrogens is 200 g/mol. The van der Waals surface area contributed by atoms with Gasteiger partial charge >= 0.3 is 12.1 Å². The minimum absolute atomic E-state index is 0.296. The molecule has 5 heteroatoms. The van der Waals surface area contributed by atoms with Crippen molar-refractivity contribution in [1.82, 2.24) is 0 Å². The molecule has 0 spiro atoms. The van der Waals surface area contributed by atoms with Crippen molar-refractivity contribution in [2.24, 2.45) is 0 Å². The second-order valence-electron chi connectivity index (χ2n) is 2.42. The van der Waals surface area contributed by atoms with Crippen molar-refractivity contribution < 1.29 is 23.7 Å². The van der Waals surface area contributed by atoms with Gasteiger partial charge in [-0.3, -0.25) is 14.2 Å². The third-order valence-electron chi connectivity index (χ3n) is 1.36. The molecule has 0 aromatic rings. The fraction of sp³-hybridized carbons (Fsp3) is 0.700. The van der Waals surface area contributed by atoms with Crippen LogP contribution in [0.5, 0.6) is 0 Å². The van der Waals surface area contributed by atoms with Gasteiger partial charge in [-0.05, 0) is 20.8 Å². The smallest absolute Gasteiger partial charge is 0.381 e. The van der Waals surface area contributed by atoms with E-state index in [4.69, 9.17) is 18.9 Å². The van der Waals surface area contributed by atoms with Gasteiger partial charge in [-0.2, -0.15) is 0 Å². The SMILES string of the molecule is C=CC(=O)OC(OCC)(OCC)OCC. The van der Waals surface area contributed by atoms with Crippen molar-refractivity contribution in [3.05, 3.63) is 12.7 Å². The van der Waals surface area contributed by atoms with Crippen LogP contribution in [0.3, 0.4) is 0 Å². The first-order valence-corrected chi connectivity index (χ1v) is 4.91. The highest BCUT2D eigenvalue weighted by Gasteiger charge is 2.37. The van der Waals surface area contributed by atoms with E-state index in [-0.39, 0.29) is 0 Å². The van der Waals surface area contributed by atoms with Crippen LogP contribution < -0.4 is 0 Å². The third kappa shape index (κ3) is 4.92. The van der Waals surface area contributed by atoms with Crippen molar-refractivity contribution >= 4 is 5.97 Å². The lowest BCUT2D eigenvalue weighted by molar-refractivity contribution is -0.479. The topological polar surface area (TPSA) is 54.0 Å². The van der Waals surface area contributed by atoms with E-state index in [9.17, 15) is 4.79 Å². The Bertz CT molecular complexity index is 185. The molecule has 5 nitrogen and oxygen atoms in total. The molecule has 0 bridgehead atoms. The highest BCUT2D eigenvalue weighted by atomic mass is 17.0. The quantitative estimate of drug-likeness (QED) is 0.350. The predicted octanol–water partition coefficient (Wildman–Crippen LogP) is 1.44.